The summed E-state index contributed by atoms with van der Waals surface area (Å²) in [7, 11) is -2.12. The molecule has 0 aromatic heterocycles. The molecule has 6 nitrogen and oxygen atoms in total. The summed E-state index contributed by atoms with van der Waals surface area (Å²) in [6.07, 6.45) is 5.66. The molecule has 1 fully saturated rings. The Morgan fingerprint density at radius 2 is 1.30 bits per heavy atom. The third kappa shape index (κ3) is 9.17. The molecule has 3 aromatic carbocycles. The Morgan fingerprint density at radius 1 is 0.826 bits per heavy atom. The molecule has 3 N–H and O–H groups in total. The summed E-state index contributed by atoms with van der Waals surface area (Å²) in [4.78, 5) is 27.3. The van der Waals surface area contributed by atoms with Gasteiger partial charge < -0.3 is 20.2 Å². The number of benzene rings is 3. The SMILES string of the molecule is CC(C)(C)[Si](C)(C)OC[C@H](CCC(=O)NC(c1ccccc1)(c1ccccc1)c1ccccc1)NC(=O)[C@H](O)CC1CCCCC1. The van der Waals surface area contributed by atoms with Gasteiger partial charge in [0.05, 0.1) is 12.6 Å². The van der Waals surface area contributed by atoms with Gasteiger partial charge >= 0.3 is 0 Å². The van der Waals surface area contributed by atoms with E-state index in [2.05, 4.69) is 44.5 Å². The smallest absolute Gasteiger partial charge is 0.249 e. The van der Waals surface area contributed by atoms with Crippen LogP contribution in [0, 0.1) is 5.92 Å². The van der Waals surface area contributed by atoms with Crippen LogP contribution in [0.15, 0.2) is 91.0 Å². The van der Waals surface area contributed by atoms with Crippen LogP contribution < -0.4 is 10.6 Å². The number of rotatable bonds is 14. The topological polar surface area (TPSA) is 87.7 Å². The minimum atomic E-state index is -2.12. The standard InChI is InChI=1S/C39H54N2O4Si/c1-38(2,3)46(4,5)45-29-34(40-37(44)35(42)28-30-18-10-6-11-19-30)26-27-36(43)41-39(31-20-12-7-13-21-31,32-22-14-8-15-23-32)33-24-16-9-17-25-33/h7-9,12-17,20-25,30,34-35,42H,6,10-11,18-19,26-29H2,1-5H3,(H,40,44)(H,41,43)/t34-,35+/m0/s1. The lowest BCUT2D eigenvalue weighted by Crippen LogP contribution is -2.50. The highest BCUT2D eigenvalue weighted by atomic mass is 28.4. The van der Waals surface area contributed by atoms with Crippen LogP contribution in [0.3, 0.4) is 0 Å². The van der Waals surface area contributed by atoms with Crippen LogP contribution in [0.2, 0.25) is 18.1 Å². The van der Waals surface area contributed by atoms with Gasteiger partial charge in [0.2, 0.25) is 11.8 Å². The Balaban J connectivity index is 1.55. The van der Waals surface area contributed by atoms with E-state index in [-0.39, 0.29) is 23.3 Å². The van der Waals surface area contributed by atoms with E-state index in [4.69, 9.17) is 4.43 Å². The Morgan fingerprint density at radius 3 is 1.76 bits per heavy atom. The molecule has 3 aromatic rings. The van der Waals surface area contributed by atoms with Crippen molar-refractivity contribution in [2.75, 3.05) is 6.61 Å². The number of carbonyl (C=O) groups excluding carboxylic acids is 2. The molecule has 0 saturated heterocycles. The van der Waals surface area contributed by atoms with Crippen molar-refractivity contribution in [2.24, 2.45) is 5.92 Å². The molecule has 2 atom stereocenters. The normalized spacial score (nSPS) is 16.0. The van der Waals surface area contributed by atoms with Gasteiger partial charge in [0.25, 0.3) is 0 Å². The maximum atomic E-state index is 14.0. The van der Waals surface area contributed by atoms with Gasteiger partial charge in [0.15, 0.2) is 8.32 Å². The van der Waals surface area contributed by atoms with Crippen LogP contribution >= 0.6 is 0 Å². The van der Waals surface area contributed by atoms with E-state index in [1.165, 1.54) is 6.42 Å². The van der Waals surface area contributed by atoms with Crippen molar-refractivity contribution in [1.82, 2.24) is 10.6 Å². The van der Waals surface area contributed by atoms with Crippen molar-refractivity contribution < 1.29 is 19.1 Å². The van der Waals surface area contributed by atoms with Crippen LogP contribution in [0.5, 0.6) is 0 Å². The number of hydrogen-bond acceptors (Lipinski definition) is 4. The van der Waals surface area contributed by atoms with Crippen molar-refractivity contribution in [3.8, 4) is 0 Å². The van der Waals surface area contributed by atoms with Gasteiger partial charge in [-0.2, -0.15) is 0 Å². The second-order valence-electron chi connectivity index (χ2n) is 14.5. The molecule has 0 heterocycles. The highest BCUT2D eigenvalue weighted by Gasteiger charge is 2.39. The molecule has 7 heteroatoms. The summed E-state index contributed by atoms with van der Waals surface area (Å²) in [6, 6.07) is 29.7. The van der Waals surface area contributed by atoms with Gasteiger partial charge in [-0.3, -0.25) is 9.59 Å². The summed E-state index contributed by atoms with van der Waals surface area (Å²) in [5.74, 6) is -0.128. The molecule has 0 bridgehead atoms. The van der Waals surface area contributed by atoms with Gasteiger partial charge in [0, 0.05) is 6.42 Å². The zero-order valence-electron chi connectivity index (χ0n) is 28.4. The van der Waals surface area contributed by atoms with E-state index in [0.29, 0.717) is 25.4 Å². The first-order chi connectivity index (χ1) is 21.9. The third-order valence-corrected chi connectivity index (χ3v) is 14.5. The minimum Gasteiger partial charge on any atom is -0.415 e. The van der Waals surface area contributed by atoms with E-state index < -0.39 is 26.0 Å². The fraction of sp³-hybridized carbons (Fsp3) is 0.487. The quantitative estimate of drug-likeness (QED) is 0.124. The van der Waals surface area contributed by atoms with Gasteiger partial charge in [-0.1, -0.05) is 144 Å². The van der Waals surface area contributed by atoms with Crippen molar-refractivity contribution >= 4 is 20.1 Å². The van der Waals surface area contributed by atoms with Crippen molar-refractivity contribution in [2.45, 2.75) is 108 Å². The first kappa shape index (κ1) is 35.6. The molecule has 1 aliphatic rings. The Bertz CT molecular complexity index is 1270. The van der Waals surface area contributed by atoms with Gasteiger partial charge in [-0.15, -0.1) is 0 Å². The first-order valence-electron chi connectivity index (χ1n) is 17.0. The summed E-state index contributed by atoms with van der Waals surface area (Å²) < 4.78 is 6.54. The molecular weight excluding hydrogens is 589 g/mol. The molecule has 0 aliphatic heterocycles. The average molecular weight is 643 g/mol. The fourth-order valence-corrected chi connectivity index (χ4v) is 7.27. The van der Waals surface area contributed by atoms with E-state index >= 15 is 0 Å². The average Bonchev–Trinajstić information content (AvgIpc) is 3.06. The number of nitrogens with one attached hydrogen (secondary N) is 2. The number of aliphatic hydroxyl groups excluding tert-OH is 1. The maximum Gasteiger partial charge on any atom is 0.249 e. The second kappa shape index (κ2) is 16.0. The van der Waals surface area contributed by atoms with E-state index in [1.807, 2.05) is 91.0 Å². The monoisotopic (exact) mass is 642 g/mol. The van der Waals surface area contributed by atoms with Crippen LogP contribution in [-0.4, -0.2) is 44.0 Å². The second-order valence-corrected chi connectivity index (χ2v) is 19.3. The van der Waals surface area contributed by atoms with Crippen LogP contribution in [0.1, 0.15) is 88.8 Å². The Labute approximate surface area is 277 Å². The minimum absolute atomic E-state index is 0.0000829. The number of hydrogen-bond donors (Lipinski definition) is 3. The maximum absolute atomic E-state index is 14.0. The van der Waals surface area contributed by atoms with Crippen molar-refractivity contribution in [1.29, 1.82) is 0 Å². The summed E-state index contributed by atoms with van der Waals surface area (Å²) in [5, 5.41) is 17.4. The van der Waals surface area contributed by atoms with Crippen LogP contribution in [0.4, 0.5) is 0 Å². The molecule has 0 spiro atoms. The molecule has 46 heavy (non-hydrogen) atoms. The predicted octanol–water partition coefficient (Wildman–Crippen LogP) is 7.71. The highest BCUT2D eigenvalue weighted by molar-refractivity contribution is 6.74. The number of amides is 2. The predicted molar refractivity (Wildman–Crippen MR) is 189 cm³/mol. The zero-order chi connectivity index (χ0) is 33.2. The lowest BCUT2D eigenvalue weighted by Gasteiger charge is -2.38. The molecule has 4 rings (SSSR count). The highest BCUT2D eigenvalue weighted by Crippen LogP contribution is 2.38. The van der Waals surface area contributed by atoms with Crippen LogP contribution in [0.25, 0.3) is 0 Å². The van der Waals surface area contributed by atoms with E-state index in [9.17, 15) is 14.7 Å². The molecule has 2 amide bonds. The Kier molecular flexibility index (Phi) is 12.4. The number of carbonyl (C=O) groups is 2. The van der Waals surface area contributed by atoms with Crippen molar-refractivity contribution in [3.63, 3.8) is 0 Å². The van der Waals surface area contributed by atoms with Gasteiger partial charge in [0.1, 0.15) is 11.6 Å². The van der Waals surface area contributed by atoms with Gasteiger partial charge in [-0.25, -0.2) is 0 Å². The van der Waals surface area contributed by atoms with E-state index in [0.717, 1.165) is 42.4 Å². The Hall–Kier alpha value is -3.26. The molecule has 248 valence electrons. The third-order valence-electron chi connectivity index (χ3n) is 10.0. The molecule has 0 radical (unpaired) electrons. The largest absolute Gasteiger partial charge is 0.415 e. The number of aliphatic hydroxyl groups is 1. The molecule has 1 aliphatic carbocycles. The van der Waals surface area contributed by atoms with Crippen LogP contribution in [-0.2, 0) is 19.6 Å². The lowest BCUT2D eigenvalue weighted by atomic mass is 9.77. The van der Waals surface area contributed by atoms with Gasteiger partial charge in [-0.05, 0) is 53.6 Å². The van der Waals surface area contributed by atoms with Crippen molar-refractivity contribution in [3.05, 3.63) is 108 Å². The summed E-state index contributed by atoms with van der Waals surface area (Å²) >= 11 is 0. The summed E-state index contributed by atoms with van der Waals surface area (Å²) in [6.45, 7) is 11.2. The molecular formula is C39H54N2O4Si. The summed E-state index contributed by atoms with van der Waals surface area (Å²) in [5.41, 5.74) is 1.96. The first-order valence-corrected chi connectivity index (χ1v) is 19.9. The zero-order valence-corrected chi connectivity index (χ0v) is 29.4. The fourth-order valence-electron chi connectivity index (χ4n) is 6.22. The molecule has 0 unspecified atom stereocenters. The van der Waals surface area contributed by atoms with E-state index in [1.54, 1.807) is 0 Å². The molecule has 1 saturated carbocycles. The lowest BCUT2D eigenvalue weighted by molar-refractivity contribution is -0.131.